The second kappa shape index (κ2) is 4.29. The lowest BCUT2D eigenvalue weighted by atomic mass is 10.2. The van der Waals surface area contributed by atoms with Gasteiger partial charge in [0, 0.05) is 6.07 Å². The van der Waals surface area contributed by atoms with E-state index in [1.165, 1.54) is 6.07 Å². The number of hydrogen-bond acceptors (Lipinski definition) is 4. The largest absolute Gasteiger partial charge is 0.506 e. The summed E-state index contributed by atoms with van der Waals surface area (Å²) >= 11 is 0. The fourth-order valence-electron chi connectivity index (χ4n) is 1.40. The Morgan fingerprint density at radius 2 is 2.12 bits per heavy atom. The van der Waals surface area contributed by atoms with E-state index in [-0.39, 0.29) is 11.5 Å². The highest BCUT2D eigenvalue weighted by Gasteiger charge is 2.13. The van der Waals surface area contributed by atoms with Crippen LogP contribution in [0.5, 0.6) is 5.75 Å². The number of anilines is 1. The SMILES string of the molecule is Cc1ccc(NC(=O)c2cc(C)no2)c(O)c1. The molecule has 88 valence electrons. The lowest BCUT2D eigenvalue weighted by molar-refractivity contribution is 0.0987. The molecule has 2 aromatic rings. The molecule has 0 spiro atoms. The highest BCUT2D eigenvalue weighted by molar-refractivity contribution is 6.03. The second-order valence-corrected chi connectivity index (χ2v) is 3.81. The molecule has 5 nitrogen and oxygen atoms in total. The summed E-state index contributed by atoms with van der Waals surface area (Å²) in [6.45, 7) is 3.58. The normalized spacial score (nSPS) is 10.2. The van der Waals surface area contributed by atoms with Gasteiger partial charge in [-0.2, -0.15) is 0 Å². The zero-order chi connectivity index (χ0) is 12.4. The van der Waals surface area contributed by atoms with Gasteiger partial charge in [-0.15, -0.1) is 0 Å². The summed E-state index contributed by atoms with van der Waals surface area (Å²) in [4.78, 5) is 11.7. The minimum Gasteiger partial charge on any atom is -0.506 e. The Morgan fingerprint density at radius 1 is 1.35 bits per heavy atom. The van der Waals surface area contributed by atoms with Gasteiger partial charge < -0.3 is 14.9 Å². The molecule has 1 amide bonds. The molecule has 0 saturated carbocycles. The highest BCUT2D eigenvalue weighted by atomic mass is 16.5. The van der Waals surface area contributed by atoms with Crippen LogP contribution in [0.4, 0.5) is 5.69 Å². The Bertz CT molecular complexity index is 561. The van der Waals surface area contributed by atoms with E-state index < -0.39 is 5.91 Å². The first-order chi connectivity index (χ1) is 8.06. The number of rotatable bonds is 2. The van der Waals surface area contributed by atoms with Crippen molar-refractivity contribution in [1.29, 1.82) is 0 Å². The predicted octanol–water partition coefficient (Wildman–Crippen LogP) is 2.25. The summed E-state index contributed by atoms with van der Waals surface area (Å²) in [5.41, 5.74) is 1.88. The summed E-state index contributed by atoms with van der Waals surface area (Å²) in [6.07, 6.45) is 0. The number of phenolic OH excluding ortho intramolecular Hbond substituents is 1. The summed E-state index contributed by atoms with van der Waals surface area (Å²) < 4.78 is 4.82. The molecule has 0 unspecified atom stereocenters. The van der Waals surface area contributed by atoms with Crippen molar-refractivity contribution in [2.45, 2.75) is 13.8 Å². The van der Waals surface area contributed by atoms with Crippen molar-refractivity contribution >= 4 is 11.6 Å². The van der Waals surface area contributed by atoms with Crippen LogP contribution in [-0.4, -0.2) is 16.2 Å². The molecule has 5 heteroatoms. The Balaban J connectivity index is 2.18. The molecular formula is C12H12N2O3. The Morgan fingerprint density at radius 3 is 2.71 bits per heavy atom. The molecule has 1 aromatic heterocycles. The van der Waals surface area contributed by atoms with E-state index >= 15 is 0 Å². The molecular weight excluding hydrogens is 220 g/mol. The van der Waals surface area contributed by atoms with Crippen molar-refractivity contribution in [3.8, 4) is 5.75 Å². The van der Waals surface area contributed by atoms with Crippen LogP contribution in [0.15, 0.2) is 28.8 Å². The first-order valence-corrected chi connectivity index (χ1v) is 5.10. The number of aromatic nitrogens is 1. The molecule has 1 heterocycles. The molecule has 0 aliphatic heterocycles. The summed E-state index contributed by atoms with van der Waals surface area (Å²) in [5.74, 6) is -0.304. The van der Waals surface area contributed by atoms with Gasteiger partial charge in [-0.25, -0.2) is 0 Å². The molecule has 0 fully saturated rings. The maximum atomic E-state index is 11.7. The van der Waals surface area contributed by atoms with Crippen LogP contribution >= 0.6 is 0 Å². The maximum Gasteiger partial charge on any atom is 0.294 e. The molecule has 0 radical (unpaired) electrons. The van der Waals surface area contributed by atoms with Crippen LogP contribution in [-0.2, 0) is 0 Å². The van der Waals surface area contributed by atoms with E-state index in [0.29, 0.717) is 11.4 Å². The molecule has 0 bridgehead atoms. The van der Waals surface area contributed by atoms with Gasteiger partial charge in [0.15, 0.2) is 0 Å². The number of nitrogens with zero attached hydrogens (tertiary/aromatic N) is 1. The monoisotopic (exact) mass is 232 g/mol. The second-order valence-electron chi connectivity index (χ2n) is 3.81. The number of aromatic hydroxyl groups is 1. The van der Waals surface area contributed by atoms with Crippen LogP contribution < -0.4 is 5.32 Å². The fourth-order valence-corrected chi connectivity index (χ4v) is 1.40. The van der Waals surface area contributed by atoms with Gasteiger partial charge in [-0.3, -0.25) is 4.79 Å². The molecule has 0 aliphatic carbocycles. The van der Waals surface area contributed by atoms with Gasteiger partial charge in [0.1, 0.15) is 5.75 Å². The average molecular weight is 232 g/mol. The van der Waals surface area contributed by atoms with Gasteiger partial charge in [0.25, 0.3) is 5.91 Å². The molecule has 0 atom stereocenters. The first-order valence-electron chi connectivity index (χ1n) is 5.10. The molecule has 2 N–H and O–H groups in total. The molecule has 0 aliphatic rings. The lowest BCUT2D eigenvalue weighted by Gasteiger charge is -2.05. The number of amides is 1. The van der Waals surface area contributed by atoms with E-state index in [4.69, 9.17) is 4.52 Å². The maximum absolute atomic E-state index is 11.7. The Labute approximate surface area is 98.1 Å². The van der Waals surface area contributed by atoms with Crippen molar-refractivity contribution in [3.05, 3.63) is 41.3 Å². The summed E-state index contributed by atoms with van der Waals surface area (Å²) in [5, 5.41) is 15.8. The van der Waals surface area contributed by atoms with Crippen LogP contribution in [0.1, 0.15) is 21.8 Å². The van der Waals surface area contributed by atoms with Gasteiger partial charge in [-0.05, 0) is 31.5 Å². The van der Waals surface area contributed by atoms with Gasteiger partial charge in [-0.1, -0.05) is 11.2 Å². The number of aryl methyl sites for hydroxylation is 2. The number of carbonyl (C=O) groups excluding carboxylic acids is 1. The van der Waals surface area contributed by atoms with Crippen LogP contribution in [0.3, 0.4) is 0 Å². The minimum atomic E-state index is -0.440. The smallest absolute Gasteiger partial charge is 0.294 e. The van der Waals surface area contributed by atoms with Crippen molar-refractivity contribution in [2.75, 3.05) is 5.32 Å². The van der Waals surface area contributed by atoms with Crippen LogP contribution in [0.2, 0.25) is 0 Å². The zero-order valence-electron chi connectivity index (χ0n) is 9.52. The van der Waals surface area contributed by atoms with Gasteiger partial charge in [0.2, 0.25) is 5.76 Å². The van der Waals surface area contributed by atoms with Crippen LogP contribution in [0, 0.1) is 13.8 Å². The number of carbonyl (C=O) groups is 1. The van der Waals surface area contributed by atoms with E-state index in [0.717, 1.165) is 5.56 Å². The van der Waals surface area contributed by atoms with Crippen molar-refractivity contribution < 1.29 is 14.4 Å². The van der Waals surface area contributed by atoms with Crippen LogP contribution in [0.25, 0.3) is 0 Å². The quantitative estimate of drug-likeness (QED) is 0.778. The van der Waals surface area contributed by atoms with E-state index in [1.54, 1.807) is 25.1 Å². The third kappa shape index (κ3) is 2.44. The fraction of sp³-hybridized carbons (Fsp3) is 0.167. The molecule has 2 rings (SSSR count). The lowest BCUT2D eigenvalue weighted by Crippen LogP contribution is -2.11. The van der Waals surface area contributed by atoms with Gasteiger partial charge in [0.05, 0.1) is 11.4 Å². The molecule has 1 aromatic carbocycles. The summed E-state index contributed by atoms with van der Waals surface area (Å²) in [6, 6.07) is 6.52. The first kappa shape index (κ1) is 11.2. The third-order valence-corrected chi connectivity index (χ3v) is 2.25. The standard InChI is InChI=1S/C12H12N2O3/c1-7-3-4-9(10(15)5-7)13-12(16)11-6-8(2)14-17-11/h3-6,15H,1-2H3,(H,13,16). The number of benzene rings is 1. The van der Waals surface area contributed by atoms with Gasteiger partial charge >= 0.3 is 0 Å². The van der Waals surface area contributed by atoms with E-state index in [9.17, 15) is 9.90 Å². The molecule has 17 heavy (non-hydrogen) atoms. The topological polar surface area (TPSA) is 75.4 Å². The number of hydrogen-bond donors (Lipinski definition) is 2. The number of nitrogens with one attached hydrogen (secondary N) is 1. The minimum absolute atomic E-state index is 0.0228. The van der Waals surface area contributed by atoms with Crippen molar-refractivity contribution in [3.63, 3.8) is 0 Å². The predicted molar refractivity (Wildman–Crippen MR) is 62.0 cm³/mol. The van der Waals surface area contributed by atoms with Crippen molar-refractivity contribution in [1.82, 2.24) is 5.16 Å². The number of phenols is 1. The van der Waals surface area contributed by atoms with E-state index in [1.807, 2.05) is 6.92 Å². The highest BCUT2D eigenvalue weighted by Crippen LogP contribution is 2.24. The van der Waals surface area contributed by atoms with E-state index in [2.05, 4.69) is 10.5 Å². The summed E-state index contributed by atoms with van der Waals surface area (Å²) in [7, 11) is 0. The molecule has 0 saturated heterocycles. The Kier molecular flexibility index (Phi) is 2.82. The third-order valence-electron chi connectivity index (χ3n) is 2.25. The Hall–Kier alpha value is -2.30. The average Bonchev–Trinajstić information content (AvgIpc) is 2.69. The van der Waals surface area contributed by atoms with Crippen molar-refractivity contribution in [2.24, 2.45) is 0 Å². The zero-order valence-corrected chi connectivity index (χ0v) is 9.52.